The minimum Gasteiger partial charge on any atom is -0.356 e. The lowest BCUT2D eigenvalue weighted by Gasteiger charge is -2.09. The van der Waals surface area contributed by atoms with Crippen LogP contribution in [0.5, 0.6) is 0 Å². The van der Waals surface area contributed by atoms with E-state index >= 15 is 0 Å². The number of nitrogens with zero attached hydrogens (tertiary/aromatic N) is 2. The van der Waals surface area contributed by atoms with Gasteiger partial charge in [-0.05, 0) is 30.5 Å². The van der Waals surface area contributed by atoms with Crippen molar-refractivity contribution >= 4 is 16.9 Å². The second kappa shape index (κ2) is 9.18. The van der Waals surface area contributed by atoms with Gasteiger partial charge in [0.1, 0.15) is 5.82 Å². The van der Waals surface area contributed by atoms with Gasteiger partial charge in [-0.25, -0.2) is 4.98 Å². The van der Waals surface area contributed by atoms with Crippen LogP contribution in [-0.2, 0) is 24.2 Å². The lowest BCUT2D eigenvalue weighted by molar-refractivity contribution is -0.121. The highest BCUT2D eigenvalue weighted by Crippen LogP contribution is 2.17. The van der Waals surface area contributed by atoms with Crippen molar-refractivity contribution in [3.8, 4) is 0 Å². The third kappa shape index (κ3) is 4.72. The van der Waals surface area contributed by atoms with Crippen LogP contribution < -0.4 is 5.32 Å². The molecular weight excluding hydrogens is 322 g/mol. The quantitative estimate of drug-likeness (QED) is 0.631. The molecular formula is C22H27N3O. The van der Waals surface area contributed by atoms with E-state index in [1.807, 2.05) is 24.3 Å². The topological polar surface area (TPSA) is 46.9 Å². The zero-order chi connectivity index (χ0) is 18.2. The Morgan fingerprint density at radius 1 is 1.04 bits per heavy atom. The highest BCUT2D eigenvalue weighted by atomic mass is 16.1. The van der Waals surface area contributed by atoms with Crippen molar-refractivity contribution in [3.05, 3.63) is 66.0 Å². The zero-order valence-corrected chi connectivity index (χ0v) is 15.4. The van der Waals surface area contributed by atoms with Crippen molar-refractivity contribution in [1.29, 1.82) is 0 Å². The molecule has 0 atom stereocenters. The highest BCUT2D eigenvalue weighted by Gasteiger charge is 2.10. The summed E-state index contributed by atoms with van der Waals surface area (Å²) in [5.74, 6) is 1.16. The Balaban J connectivity index is 1.54. The molecule has 1 aromatic heterocycles. The summed E-state index contributed by atoms with van der Waals surface area (Å²) in [4.78, 5) is 16.9. The third-order valence-electron chi connectivity index (χ3n) is 4.62. The smallest absolute Gasteiger partial charge is 0.220 e. The summed E-state index contributed by atoms with van der Waals surface area (Å²) in [6.07, 6.45) is 4.35. The largest absolute Gasteiger partial charge is 0.356 e. The zero-order valence-electron chi connectivity index (χ0n) is 15.4. The molecule has 1 heterocycles. The Hall–Kier alpha value is -2.62. The molecule has 3 rings (SSSR count). The van der Waals surface area contributed by atoms with Crippen LogP contribution in [0.2, 0.25) is 0 Å². The highest BCUT2D eigenvalue weighted by molar-refractivity contribution is 5.77. The maximum Gasteiger partial charge on any atom is 0.220 e. The Labute approximate surface area is 155 Å². The predicted octanol–water partition coefficient (Wildman–Crippen LogP) is 4.13. The number of para-hydroxylation sites is 2. The van der Waals surface area contributed by atoms with Crippen molar-refractivity contribution in [2.45, 2.75) is 45.6 Å². The molecule has 4 nitrogen and oxygen atoms in total. The van der Waals surface area contributed by atoms with Gasteiger partial charge in [-0.15, -0.1) is 0 Å². The molecule has 2 aromatic carbocycles. The number of rotatable bonds is 9. The van der Waals surface area contributed by atoms with Gasteiger partial charge in [0.05, 0.1) is 11.0 Å². The molecule has 0 aliphatic heterocycles. The van der Waals surface area contributed by atoms with Crippen molar-refractivity contribution in [3.63, 3.8) is 0 Å². The summed E-state index contributed by atoms with van der Waals surface area (Å²) in [7, 11) is 0. The molecule has 4 heteroatoms. The van der Waals surface area contributed by atoms with E-state index in [0.29, 0.717) is 13.0 Å². The number of carbonyl (C=O) groups excluding carboxylic acids is 1. The number of aryl methyl sites for hydroxylation is 2. The monoisotopic (exact) mass is 349 g/mol. The van der Waals surface area contributed by atoms with Crippen molar-refractivity contribution in [2.24, 2.45) is 0 Å². The van der Waals surface area contributed by atoms with Gasteiger partial charge in [0, 0.05) is 25.9 Å². The first-order valence-corrected chi connectivity index (χ1v) is 9.52. The van der Waals surface area contributed by atoms with Gasteiger partial charge in [-0.1, -0.05) is 55.8 Å². The van der Waals surface area contributed by atoms with Crippen LogP contribution >= 0.6 is 0 Å². The number of hydrogen-bond donors (Lipinski definition) is 1. The van der Waals surface area contributed by atoms with E-state index in [-0.39, 0.29) is 5.91 Å². The van der Waals surface area contributed by atoms with Crippen LogP contribution in [0.3, 0.4) is 0 Å². The first-order chi connectivity index (χ1) is 12.8. The van der Waals surface area contributed by atoms with Gasteiger partial charge in [0.15, 0.2) is 0 Å². The molecule has 26 heavy (non-hydrogen) atoms. The SMILES string of the molecule is CCCCn1c(CCNC(=O)CCc2ccccc2)nc2ccccc21. The standard InChI is InChI=1S/C22H27N3O/c1-2-3-17-25-20-12-8-7-11-19(20)24-21(25)15-16-23-22(26)14-13-18-9-5-4-6-10-18/h4-12H,2-3,13-17H2,1H3,(H,23,26). The number of nitrogens with one attached hydrogen (secondary N) is 1. The van der Waals surface area contributed by atoms with Crippen LogP contribution in [0.4, 0.5) is 0 Å². The van der Waals surface area contributed by atoms with Crippen molar-refractivity contribution < 1.29 is 4.79 Å². The molecule has 3 aromatic rings. The lowest BCUT2D eigenvalue weighted by atomic mass is 10.1. The number of hydrogen-bond acceptors (Lipinski definition) is 2. The van der Waals surface area contributed by atoms with Gasteiger partial charge >= 0.3 is 0 Å². The Morgan fingerprint density at radius 2 is 1.81 bits per heavy atom. The van der Waals surface area contributed by atoms with E-state index in [4.69, 9.17) is 4.98 Å². The summed E-state index contributed by atoms with van der Waals surface area (Å²) in [6, 6.07) is 18.4. The van der Waals surface area contributed by atoms with Gasteiger partial charge in [0.2, 0.25) is 5.91 Å². The van der Waals surface area contributed by atoms with Crippen LogP contribution in [0.1, 0.15) is 37.6 Å². The van der Waals surface area contributed by atoms with Gasteiger partial charge in [-0.3, -0.25) is 4.79 Å². The summed E-state index contributed by atoms with van der Waals surface area (Å²) >= 11 is 0. The number of fused-ring (bicyclic) bond motifs is 1. The number of amides is 1. The first kappa shape index (κ1) is 18.2. The lowest BCUT2D eigenvalue weighted by Crippen LogP contribution is -2.26. The minimum atomic E-state index is 0.102. The molecule has 0 aliphatic rings. The summed E-state index contributed by atoms with van der Waals surface area (Å²) in [5.41, 5.74) is 3.42. The fraction of sp³-hybridized carbons (Fsp3) is 0.364. The molecule has 0 radical (unpaired) electrons. The molecule has 0 saturated heterocycles. The molecule has 136 valence electrons. The first-order valence-electron chi connectivity index (χ1n) is 9.52. The van der Waals surface area contributed by atoms with E-state index in [1.54, 1.807) is 0 Å². The Kier molecular flexibility index (Phi) is 6.42. The van der Waals surface area contributed by atoms with E-state index in [1.165, 1.54) is 11.1 Å². The molecule has 1 N–H and O–H groups in total. The molecule has 0 unspecified atom stereocenters. The maximum absolute atomic E-state index is 12.1. The summed E-state index contributed by atoms with van der Waals surface area (Å²) in [5, 5.41) is 3.04. The number of benzene rings is 2. The maximum atomic E-state index is 12.1. The van der Waals surface area contributed by atoms with Crippen LogP contribution in [0.25, 0.3) is 11.0 Å². The Bertz CT molecular complexity index is 839. The number of carbonyl (C=O) groups is 1. The molecule has 1 amide bonds. The average Bonchev–Trinajstić information content (AvgIpc) is 3.03. The van der Waals surface area contributed by atoms with Gasteiger partial charge in [0.25, 0.3) is 0 Å². The van der Waals surface area contributed by atoms with E-state index in [0.717, 1.165) is 43.6 Å². The fourth-order valence-corrected chi connectivity index (χ4v) is 3.19. The van der Waals surface area contributed by atoms with E-state index in [9.17, 15) is 4.79 Å². The number of imidazole rings is 1. The normalized spacial score (nSPS) is 11.0. The Morgan fingerprint density at radius 3 is 2.62 bits per heavy atom. The predicted molar refractivity (Wildman–Crippen MR) is 106 cm³/mol. The number of unbranched alkanes of at least 4 members (excludes halogenated alkanes) is 1. The molecule has 0 aliphatic carbocycles. The second-order valence-electron chi connectivity index (χ2n) is 6.61. The van der Waals surface area contributed by atoms with Gasteiger partial charge < -0.3 is 9.88 Å². The third-order valence-corrected chi connectivity index (χ3v) is 4.62. The van der Waals surface area contributed by atoms with Crippen LogP contribution in [-0.4, -0.2) is 22.0 Å². The molecule has 0 fully saturated rings. The molecule has 0 spiro atoms. The van der Waals surface area contributed by atoms with Gasteiger partial charge in [-0.2, -0.15) is 0 Å². The number of aromatic nitrogens is 2. The van der Waals surface area contributed by atoms with Crippen molar-refractivity contribution in [1.82, 2.24) is 14.9 Å². The molecule has 0 bridgehead atoms. The van der Waals surface area contributed by atoms with E-state index < -0.39 is 0 Å². The summed E-state index contributed by atoms with van der Waals surface area (Å²) < 4.78 is 2.30. The average molecular weight is 349 g/mol. The molecule has 0 saturated carbocycles. The second-order valence-corrected chi connectivity index (χ2v) is 6.61. The van der Waals surface area contributed by atoms with Crippen LogP contribution in [0.15, 0.2) is 54.6 Å². The van der Waals surface area contributed by atoms with Crippen molar-refractivity contribution in [2.75, 3.05) is 6.54 Å². The van der Waals surface area contributed by atoms with Crippen LogP contribution in [0, 0.1) is 0 Å². The summed E-state index contributed by atoms with van der Waals surface area (Å²) in [6.45, 7) is 3.81. The van der Waals surface area contributed by atoms with E-state index in [2.05, 4.69) is 47.1 Å². The fourth-order valence-electron chi connectivity index (χ4n) is 3.19. The minimum absolute atomic E-state index is 0.102.